The summed E-state index contributed by atoms with van der Waals surface area (Å²) in [5, 5.41) is 0. The first-order chi connectivity index (χ1) is 9.90. The topological polar surface area (TPSA) is 26.3 Å². The van der Waals surface area contributed by atoms with E-state index in [2.05, 4.69) is 27.7 Å². The smallest absolute Gasteiger partial charge is 0.305 e. The number of esters is 1. The molecule has 0 aromatic carbocycles. The molecule has 2 heteroatoms. The Morgan fingerprint density at radius 1 is 0.857 bits per heavy atom. The third kappa shape index (κ3) is 10.8. The molecular formula is C19H38O2. The largest absolute Gasteiger partial charge is 0.462 e. The molecule has 0 aromatic rings. The molecule has 0 bridgehead atoms. The summed E-state index contributed by atoms with van der Waals surface area (Å²) in [6, 6.07) is 0. The molecule has 0 saturated heterocycles. The van der Waals surface area contributed by atoms with Gasteiger partial charge in [0, 0.05) is 6.42 Å². The van der Waals surface area contributed by atoms with Gasteiger partial charge in [-0.05, 0) is 31.1 Å². The van der Waals surface area contributed by atoms with Crippen LogP contribution in [0.4, 0.5) is 0 Å². The summed E-state index contributed by atoms with van der Waals surface area (Å²) in [7, 11) is 0. The third-order valence-corrected chi connectivity index (χ3v) is 4.85. The Balaban J connectivity index is 3.69. The van der Waals surface area contributed by atoms with Gasteiger partial charge in [-0.25, -0.2) is 0 Å². The molecule has 0 aliphatic rings. The van der Waals surface area contributed by atoms with Gasteiger partial charge in [-0.15, -0.1) is 0 Å². The average Bonchev–Trinajstić information content (AvgIpc) is 2.46. The predicted molar refractivity (Wildman–Crippen MR) is 91.3 cm³/mol. The molecule has 4 atom stereocenters. The second kappa shape index (κ2) is 12.1. The SMILES string of the molecule is CCC(=O)O[C@@H](C)[C@H](C)CCC[C@H](C)CCC[C@@H](C)CC. The fourth-order valence-corrected chi connectivity index (χ4v) is 2.59. The molecule has 0 spiro atoms. The van der Waals surface area contributed by atoms with E-state index in [1.165, 1.54) is 38.5 Å². The zero-order valence-corrected chi connectivity index (χ0v) is 15.3. The van der Waals surface area contributed by atoms with Crippen molar-refractivity contribution < 1.29 is 9.53 Å². The Morgan fingerprint density at radius 2 is 1.38 bits per heavy atom. The van der Waals surface area contributed by atoms with E-state index >= 15 is 0 Å². The molecule has 0 heterocycles. The van der Waals surface area contributed by atoms with Gasteiger partial charge in [0.25, 0.3) is 0 Å². The molecule has 0 unspecified atom stereocenters. The average molecular weight is 299 g/mol. The van der Waals surface area contributed by atoms with E-state index in [1.54, 1.807) is 0 Å². The highest BCUT2D eigenvalue weighted by atomic mass is 16.5. The maximum absolute atomic E-state index is 11.3. The first-order valence-electron chi connectivity index (χ1n) is 9.10. The maximum Gasteiger partial charge on any atom is 0.305 e. The Morgan fingerprint density at radius 3 is 1.90 bits per heavy atom. The van der Waals surface area contributed by atoms with E-state index in [0.29, 0.717) is 12.3 Å². The van der Waals surface area contributed by atoms with E-state index in [-0.39, 0.29) is 12.1 Å². The summed E-state index contributed by atoms with van der Waals surface area (Å²) in [6.07, 6.45) is 9.66. The Hall–Kier alpha value is -0.530. The van der Waals surface area contributed by atoms with Crippen LogP contribution in [0.15, 0.2) is 0 Å². The van der Waals surface area contributed by atoms with Crippen molar-refractivity contribution >= 4 is 5.97 Å². The Kier molecular flexibility index (Phi) is 11.8. The van der Waals surface area contributed by atoms with Crippen LogP contribution in [0.3, 0.4) is 0 Å². The van der Waals surface area contributed by atoms with Gasteiger partial charge in [0.1, 0.15) is 6.10 Å². The second-order valence-corrected chi connectivity index (χ2v) is 7.01. The first kappa shape index (κ1) is 20.5. The highest BCUT2D eigenvalue weighted by molar-refractivity contribution is 5.69. The summed E-state index contributed by atoms with van der Waals surface area (Å²) >= 11 is 0. The monoisotopic (exact) mass is 298 g/mol. The van der Waals surface area contributed by atoms with E-state index in [4.69, 9.17) is 4.74 Å². The van der Waals surface area contributed by atoms with Crippen LogP contribution in [-0.2, 0) is 9.53 Å². The zero-order valence-electron chi connectivity index (χ0n) is 15.3. The molecule has 0 rings (SSSR count). The molecule has 0 aromatic heterocycles. The molecule has 0 radical (unpaired) electrons. The normalized spacial score (nSPS) is 17.0. The van der Waals surface area contributed by atoms with Crippen LogP contribution in [0.2, 0.25) is 0 Å². The van der Waals surface area contributed by atoms with E-state index in [0.717, 1.165) is 18.3 Å². The Labute approximate surface area is 133 Å². The van der Waals surface area contributed by atoms with E-state index in [9.17, 15) is 4.79 Å². The van der Waals surface area contributed by atoms with Gasteiger partial charge in [-0.1, -0.05) is 73.1 Å². The van der Waals surface area contributed by atoms with Gasteiger partial charge in [0.2, 0.25) is 0 Å². The number of hydrogen-bond acceptors (Lipinski definition) is 2. The van der Waals surface area contributed by atoms with Crippen LogP contribution in [0, 0.1) is 17.8 Å². The van der Waals surface area contributed by atoms with Gasteiger partial charge in [-0.2, -0.15) is 0 Å². The summed E-state index contributed by atoms with van der Waals surface area (Å²) in [6.45, 7) is 13.1. The molecule has 0 saturated carbocycles. The van der Waals surface area contributed by atoms with Crippen LogP contribution in [0.25, 0.3) is 0 Å². The quantitative estimate of drug-likeness (QED) is 0.414. The van der Waals surface area contributed by atoms with Crippen LogP contribution < -0.4 is 0 Å². The molecule has 0 N–H and O–H groups in total. The van der Waals surface area contributed by atoms with Crippen LogP contribution in [0.1, 0.15) is 92.9 Å². The molecule has 0 aliphatic carbocycles. The molecule has 2 nitrogen and oxygen atoms in total. The zero-order chi connectivity index (χ0) is 16.3. The maximum atomic E-state index is 11.3. The van der Waals surface area contributed by atoms with E-state index < -0.39 is 0 Å². The number of carbonyl (C=O) groups is 1. The van der Waals surface area contributed by atoms with Crippen molar-refractivity contribution in [1.82, 2.24) is 0 Å². The molecule has 0 amide bonds. The highest BCUT2D eigenvalue weighted by Gasteiger charge is 2.16. The van der Waals surface area contributed by atoms with Crippen LogP contribution in [-0.4, -0.2) is 12.1 Å². The summed E-state index contributed by atoms with van der Waals surface area (Å²) in [5.74, 6) is 2.10. The third-order valence-electron chi connectivity index (χ3n) is 4.85. The molecule has 21 heavy (non-hydrogen) atoms. The summed E-state index contributed by atoms with van der Waals surface area (Å²) < 4.78 is 5.38. The predicted octanol–water partition coefficient (Wildman–Crippen LogP) is 5.99. The first-order valence-corrected chi connectivity index (χ1v) is 9.10. The van der Waals surface area contributed by atoms with Crippen molar-refractivity contribution in [3.05, 3.63) is 0 Å². The summed E-state index contributed by atoms with van der Waals surface area (Å²) in [5.41, 5.74) is 0. The number of ether oxygens (including phenoxy) is 1. The van der Waals surface area contributed by atoms with Gasteiger partial charge in [0.15, 0.2) is 0 Å². The lowest BCUT2D eigenvalue weighted by Crippen LogP contribution is -2.21. The van der Waals surface area contributed by atoms with Gasteiger partial charge in [0.05, 0.1) is 0 Å². The molecule has 0 aliphatic heterocycles. The molecule has 126 valence electrons. The van der Waals surface area contributed by atoms with Gasteiger partial charge >= 0.3 is 5.97 Å². The van der Waals surface area contributed by atoms with Crippen molar-refractivity contribution in [2.45, 2.75) is 99.0 Å². The van der Waals surface area contributed by atoms with E-state index in [1.807, 2.05) is 13.8 Å². The minimum Gasteiger partial charge on any atom is -0.462 e. The van der Waals surface area contributed by atoms with Crippen molar-refractivity contribution in [3.63, 3.8) is 0 Å². The van der Waals surface area contributed by atoms with Gasteiger partial charge < -0.3 is 4.74 Å². The van der Waals surface area contributed by atoms with Crippen LogP contribution >= 0.6 is 0 Å². The van der Waals surface area contributed by atoms with Crippen molar-refractivity contribution in [1.29, 1.82) is 0 Å². The number of rotatable bonds is 12. The second-order valence-electron chi connectivity index (χ2n) is 7.01. The molecule has 0 fully saturated rings. The number of hydrogen-bond donors (Lipinski definition) is 0. The fourth-order valence-electron chi connectivity index (χ4n) is 2.59. The van der Waals surface area contributed by atoms with Crippen molar-refractivity contribution in [3.8, 4) is 0 Å². The Bertz CT molecular complexity index is 262. The summed E-state index contributed by atoms with van der Waals surface area (Å²) in [4.78, 5) is 11.3. The minimum atomic E-state index is -0.0761. The lowest BCUT2D eigenvalue weighted by molar-refractivity contribution is -0.150. The lowest BCUT2D eigenvalue weighted by atomic mass is 9.91. The van der Waals surface area contributed by atoms with Crippen LogP contribution in [0.5, 0.6) is 0 Å². The minimum absolute atomic E-state index is 0.0539. The molecular weight excluding hydrogens is 260 g/mol. The van der Waals surface area contributed by atoms with Crippen molar-refractivity contribution in [2.75, 3.05) is 0 Å². The van der Waals surface area contributed by atoms with Crippen molar-refractivity contribution in [2.24, 2.45) is 17.8 Å². The number of carbonyl (C=O) groups excluding carboxylic acids is 1. The lowest BCUT2D eigenvalue weighted by Gasteiger charge is -2.21. The standard InChI is InChI=1S/C19H38O2/c1-7-15(3)11-9-12-16(4)13-10-14-17(5)18(6)21-19(20)8-2/h15-18H,7-14H2,1-6H3/t15-,16+,17+,18-/m0/s1. The highest BCUT2D eigenvalue weighted by Crippen LogP contribution is 2.22. The fraction of sp³-hybridized carbons (Fsp3) is 0.947. The van der Waals surface area contributed by atoms with Gasteiger partial charge in [-0.3, -0.25) is 4.79 Å².